The van der Waals surface area contributed by atoms with Gasteiger partial charge in [0.1, 0.15) is 17.6 Å². The molecule has 5 nitrogen and oxygen atoms in total. The van der Waals surface area contributed by atoms with E-state index in [0.29, 0.717) is 28.2 Å². The van der Waals surface area contributed by atoms with E-state index in [1.54, 1.807) is 30.3 Å². The van der Waals surface area contributed by atoms with Crippen molar-refractivity contribution in [1.29, 1.82) is 5.26 Å². The Bertz CT molecular complexity index is 789. The van der Waals surface area contributed by atoms with E-state index in [4.69, 9.17) is 21.7 Å². The first-order valence-electron chi connectivity index (χ1n) is 5.89. The Morgan fingerprint density at radius 3 is 2.75 bits per heavy atom. The van der Waals surface area contributed by atoms with Crippen LogP contribution in [0.2, 0.25) is 5.02 Å². The maximum atomic E-state index is 8.74. The highest BCUT2D eigenvalue weighted by Crippen LogP contribution is 2.16. The molecule has 0 bridgehead atoms. The van der Waals surface area contributed by atoms with Gasteiger partial charge >= 0.3 is 0 Å². The first-order chi connectivity index (χ1) is 9.76. The van der Waals surface area contributed by atoms with Gasteiger partial charge in [0.25, 0.3) is 0 Å². The van der Waals surface area contributed by atoms with E-state index >= 15 is 0 Å². The van der Waals surface area contributed by atoms with E-state index in [9.17, 15) is 0 Å². The number of fused-ring (bicyclic) bond motifs is 1. The maximum Gasteiger partial charge on any atom is 0.142 e. The standard InChI is InChI=1S/C14H9ClN4O/c15-12-5-6-13-14(7-12)19(18-17-13)20-9-11-3-1-10(8-16)2-4-11/h1-7H,9H2. The van der Waals surface area contributed by atoms with Gasteiger partial charge in [-0.15, -0.1) is 5.10 Å². The lowest BCUT2D eigenvalue weighted by atomic mass is 10.2. The van der Waals surface area contributed by atoms with Crippen LogP contribution in [0.25, 0.3) is 11.0 Å². The summed E-state index contributed by atoms with van der Waals surface area (Å²) in [6.45, 7) is 0.330. The van der Waals surface area contributed by atoms with Gasteiger partial charge in [-0.05, 0) is 41.1 Å². The molecule has 6 heteroatoms. The van der Waals surface area contributed by atoms with E-state index in [-0.39, 0.29) is 0 Å². The van der Waals surface area contributed by atoms with Crippen LogP contribution >= 0.6 is 11.6 Å². The number of aromatic nitrogens is 3. The number of nitrogens with zero attached hydrogens (tertiary/aromatic N) is 4. The van der Waals surface area contributed by atoms with Gasteiger partial charge in [-0.1, -0.05) is 28.6 Å². The molecule has 2 aromatic carbocycles. The molecule has 3 aromatic rings. The van der Waals surface area contributed by atoms with E-state index in [1.165, 1.54) is 4.85 Å². The number of halogens is 1. The molecule has 0 N–H and O–H groups in total. The largest absolute Gasteiger partial charge is 0.390 e. The van der Waals surface area contributed by atoms with Crippen molar-refractivity contribution in [2.24, 2.45) is 0 Å². The second-order valence-corrected chi connectivity index (χ2v) is 4.61. The lowest BCUT2D eigenvalue weighted by Gasteiger charge is -2.05. The third-order valence-electron chi connectivity index (χ3n) is 2.81. The van der Waals surface area contributed by atoms with Crippen LogP contribution in [-0.4, -0.2) is 15.2 Å². The zero-order chi connectivity index (χ0) is 13.9. The van der Waals surface area contributed by atoms with Gasteiger partial charge in [0.2, 0.25) is 0 Å². The predicted octanol–water partition coefficient (Wildman–Crippen LogP) is 2.59. The van der Waals surface area contributed by atoms with Crippen LogP contribution in [-0.2, 0) is 6.61 Å². The predicted molar refractivity (Wildman–Crippen MR) is 74.0 cm³/mol. The third kappa shape index (κ3) is 2.42. The summed E-state index contributed by atoms with van der Waals surface area (Å²) in [5.74, 6) is 0. The second-order valence-electron chi connectivity index (χ2n) is 4.18. The van der Waals surface area contributed by atoms with Gasteiger partial charge in [0, 0.05) is 5.02 Å². The number of benzene rings is 2. The summed E-state index contributed by atoms with van der Waals surface area (Å²) in [4.78, 5) is 6.92. The van der Waals surface area contributed by atoms with Crippen molar-refractivity contribution in [3.8, 4) is 6.07 Å². The fourth-order valence-corrected chi connectivity index (χ4v) is 1.94. The highest BCUT2D eigenvalue weighted by atomic mass is 35.5. The Morgan fingerprint density at radius 1 is 1.20 bits per heavy atom. The molecular formula is C14H9ClN4O. The van der Waals surface area contributed by atoms with Crippen molar-refractivity contribution in [3.05, 3.63) is 58.6 Å². The first-order valence-corrected chi connectivity index (χ1v) is 6.27. The average molecular weight is 285 g/mol. The van der Waals surface area contributed by atoms with Gasteiger partial charge in [0.05, 0.1) is 11.6 Å². The molecule has 0 radical (unpaired) electrons. The number of hydrogen-bond acceptors (Lipinski definition) is 4. The molecule has 0 aliphatic rings. The molecule has 0 spiro atoms. The second kappa shape index (κ2) is 5.19. The van der Waals surface area contributed by atoms with Gasteiger partial charge < -0.3 is 4.84 Å². The normalized spacial score (nSPS) is 10.4. The topological polar surface area (TPSA) is 63.7 Å². The molecule has 0 atom stereocenters. The van der Waals surface area contributed by atoms with Crippen molar-refractivity contribution in [1.82, 2.24) is 15.2 Å². The van der Waals surface area contributed by atoms with Crippen molar-refractivity contribution >= 4 is 22.6 Å². The quantitative estimate of drug-likeness (QED) is 0.741. The molecule has 0 amide bonds. The average Bonchev–Trinajstić information content (AvgIpc) is 2.88. The Kier molecular flexibility index (Phi) is 3.23. The van der Waals surface area contributed by atoms with E-state index in [2.05, 4.69) is 16.4 Å². The highest BCUT2D eigenvalue weighted by Gasteiger charge is 2.06. The fourth-order valence-electron chi connectivity index (χ4n) is 1.78. The summed E-state index contributed by atoms with van der Waals surface area (Å²) < 4.78 is 0. The van der Waals surface area contributed by atoms with Crippen molar-refractivity contribution in [2.45, 2.75) is 6.61 Å². The molecule has 0 saturated heterocycles. The minimum atomic E-state index is 0.330. The monoisotopic (exact) mass is 284 g/mol. The molecule has 20 heavy (non-hydrogen) atoms. The zero-order valence-electron chi connectivity index (χ0n) is 10.3. The smallest absolute Gasteiger partial charge is 0.142 e. The van der Waals surface area contributed by atoms with Crippen LogP contribution in [0.5, 0.6) is 0 Å². The highest BCUT2D eigenvalue weighted by molar-refractivity contribution is 6.31. The third-order valence-corrected chi connectivity index (χ3v) is 3.05. The van der Waals surface area contributed by atoms with Crippen LogP contribution in [0.3, 0.4) is 0 Å². The lowest BCUT2D eigenvalue weighted by molar-refractivity contribution is 0.0752. The maximum absolute atomic E-state index is 8.74. The van der Waals surface area contributed by atoms with E-state index in [0.717, 1.165) is 5.56 Å². The minimum absolute atomic E-state index is 0.330. The number of hydrogen-bond donors (Lipinski definition) is 0. The van der Waals surface area contributed by atoms with Crippen LogP contribution < -0.4 is 4.84 Å². The molecular weight excluding hydrogens is 276 g/mol. The number of nitriles is 1. The van der Waals surface area contributed by atoms with Crippen LogP contribution in [0.4, 0.5) is 0 Å². The van der Waals surface area contributed by atoms with Crippen LogP contribution in [0.1, 0.15) is 11.1 Å². The molecule has 98 valence electrons. The van der Waals surface area contributed by atoms with Crippen LogP contribution in [0, 0.1) is 11.3 Å². The summed E-state index contributed by atoms with van der Waals surface area (Å²) >= 11 is 5.94. The SMILES string of the molecule is N#Cc1ccc(COn2nnc3ccc(Cl)cc32)cc1. The molecule has 3 rings (SSSR count). The van der Waals surface area contributed by atoms with Crippen molar-refractivity contribution < 1.29 is 4.84 Å². The van der Waals surface area contributed by atoms with E-state index in [1.807, 2.05) is 12.1 Å². The Labute approximate surface area is 119 Å². The zero-order valence-corrected chi connectivity index (χ0v) is 11.1. The molecule has 0 unspecified atom stereocenters. The number of rotatable bonds is 3. The fraction of sp³-hybridized carbons (Fsp3) is 0.0714. The molecule has 0 aliphatic heterocycles. The van der Waals surface area contributed by atoms with Crippen LogP contribution in [0.15, 0.2) is 42.5 Å². The summed E-state index contributed by atoms with van der Waals surface area (Å²) in [6.07, 6.45) is 0. The van der Waals surface area contributed by atoms with Crippen molar-refractivity contribution in [2.75, 3.05) is 0 Å². The molecule has 1 aromatic heterocycles. The summed E-state index contributed by atoms with van der Waals surface area (Å²) in [6, 6.07) is 14.5. The Hall–Kier alpha value is -2.58. The van der Waals surface area contributed by atoms with Gasteiger partial charge in [0.15, 0.2) is 0 Å². The minimum Gasteiger partial charge on any atom is -0.390 e. The van der Waals surface area contributed by atoms with Gasteiger partial charge in [-0.25, -0.2) is 0 Å². The van der Waals surface area contributed by atoms with E-state index < -0.39 is 0 Å². The Morgan fingerprint density at radius 2 is 2.00 bits per heavy atom. The lowest BCUT2D eigenvalue weighted by Crippen LogP contribution is -2.12. The summed E-state index contributed by atoms with van der Waals surface area (Å²) in [5.41, 5.74) is 2.99. The van der Waals surface area contributed by atoms with Gasteiger partial charge in [-0.3, -0.25) is 0 Å². The summed E-state index contributed by atoms with van der Waals surface area (Å²) in [5, 5.41) is 17.2. The molecule has 1 heterocycles. The molecule has 0 fully saturated rings. The first kappa shape index (κ1) is 12.5. The molecule has 0 saturated carbocycles. The Balaban J connectivity index is 1.79. The molecule has 0 aliphatic carbocycles. The van der Waals surface area contributed by atoms with Gasteiger partial charge in [-0.2, -0.15) is 5.26 Å². The van der Waals surface area contributed by atoms with Crippen molar-refractivity contribution in [3.63, 3.8) is 0 Å². The summed E-state index contributed by atoms with van der Waals surface area (Å²) in [7, 11) is 0.